The number of sulfonamides is 1. The van der Waals surface area contributed by atoms with Crippen molar-refractivity contribution in [1.29, 1.82) is 0 Å². The van der Waals surface area contributed by atoms with E-state index in [9.17, 15) is 18.0 Å². The number of rotatable bonds is 12. The minimum Gasteiger partial charge on any atom is -0.497 e. The summed E-state index contributed by atoms with van der Waals surface area (Å²) in [6.07, 6.45) is 0.361. The fourth-order valence-corrected chi connectivity index (χ4v) is 5.73. The van der Waals surface area contributed by atoms with Crippen molar-refractivity contribution < 1.29 is 22.7 Å². The van der Waals surface area contributed by atoms with Gasteiger partial charge in [0.25, 0.3) is 10.0 Å². The lowest BCUT2D eigenvalue weighted by Crippen LogP contribution is -2.53. The molecule has 0 radical (unpaired) electrons. The van der Waals surface area contributed by atoms with Gasteiger partial charge in [-0.2, -0.15) is 0 Å². The molecule has 8 nitrogen and oxygen atoms in total. The van der Waals surface area contributed by atoms with Crippen molar-refractivity contribution in [2.24, 2.45) is 0 Å². The minimum absolute atomic E-state index is 0.0587. The molecule has 0 heterocycles. The molecule has 0 spiro atoms. The molecule has 0 aliphatic heterocycles. The minimum atomic E-state index is -4.14. The van der Waals surface area contributed by atoms with Gasteiger partial charge >= 0.3 is 0 Å². The van der Waals surface area contributed by atoms with Crippen molar-refractivity contribution in [3.8, 4) is 5.75 Å². The molecule has 3 rings (SSSR count). The van der Waals surface area contributed by atoms with Crippen molar-refractivity contribution in [3.63, 3.8) is 0 Å². The van der Waals surface area contributed by atoms with Crippen LogP contribution >= 0.6 is 0 Å². The zero-order valence-electron chi connectivity index (χ0n) is 24.0. The molecular weight excluding hydrogens is 526 g/mol. The largest absolute Gasteiger partial charge is 0.497 e. The highest BCUT2D eigenvalue weighted by atomic mass is 32.2. The average Bonchev–Trinajstić information content (AvgIpc) is 2.92. The Kier molecular flexibility index (Phi) is 10.3. The SMILES string of the molecule is CCC(C(=O)NC(C)C)N(Cc1ccc(C)cc1)C(=O)CN(c1cccc(OC)c1)S(=O)(=O)c1ccc(C)cc1. The number of hydrogen-bond acceptors (Lipinski definition) is 5. The molecule has 0 aromatic heterocycles. The summed E-state index contributed by atoms with van der Waals surface area (Å²) in [5, 5.41) is 2.90. The summed E-state index contributed by atoms with van der Waals surface area (Å²) < 4.78 is 34.3. The van der Waals surface area contributed by atoms with Gasteiger partial charge in [-0.05, 0) is 63.9 Å². The highest BCUT2D eigenvalue weighted by molar-refractivity contribution is 7.92. The average molecular weight is 566 g/mol. The number of anilines is 1. The van der Waals surface area contributed by atoms with Crippen molar-refractivity contribution in [2.75, 3.05) is 18.0 Å². The molecule has 0 bridgehead atoms. The van der Waals surface area contributed by atoms with Crippen LogP contribution in [0, 0.1) is 13.8 Å². The second kappa shape index (κ2) is 13.5. The first kappa shape index (κ1) is 30.7. The van der Waals surface area contributed by atoms with Crippen LogP contribution in [0.3, 0.4) is 0 Å². The van der Waals surface area contributed by atoms with Crippen LogP contribution in [0.1, 0.15) is 43.9 Å². The molecule has 0 saturated carbocycles. The van der Waals surface area contributed by atoms with Crippen LogP contribution in [0.2, 0.25) is 0 Å². The number of nitrogens with one attached hydrogen (secondary N) is 1. The van der Waals surface area contributed by atoms with E-state index < -0.39 is 28.5 Å². The lowest BCUT2D eigenvalue weighted by atomic mass is 10.1. The maximum Gasteiger partial charge on any atom is 0.264 e. The third-order valence-corrected chi connectivity index (χ3v) is 8.31. The Hall–Kier alpha value is -3.85. The van der Waals surface area contributed by atoms with Crippen LogP contribution in [0.25, 0.3) is 0 Å². The molecule has 0 aliphatic carbocycles. The number of carbonyl (C=O) groups excluding carboxylic acids is 2. The van der Waals surface area contributed by atoms with Gasteiger partial charge in [0.1, 0.15) is 18.3 Å². The van der Waals surface area contributed by atoms with Crippen LogP contribution in [-0.2, 0) is 26.2 Å². The summed E-state index contributed by atoms with van der Waals surface area (Å²) in [7, 11) is -2.65. The molecule has 0 aliphatic rings. The van der Waals surface area contributed by atoms with Gasteiger partial charge in [0, 0.05) is 18.7 Å². The van der Waals surface area contributed by atoms with Gasteiger partial charge in [-0.25, -0.2) is 8.42 Å². The normalized spacial score (nSPS) is 12.1. The molecule has 1 N–H and O–H groups in total. The van der Waals surface area contributed by atoms with E-state index in [-0.39, 0.29) is 29.1 Å². The predicted octanol–water partition coefficient (Wildman–Crippen LogP) is 4.84. The van der Waals surface area contributed by atoms with E-state index in [0.717, 1.165) is 21.0 Å². The van der Waals surface area contributed by atoms with Crippen LogP contribution in [0.15, 0.2) is 77.7 Å². The number of amides is 2. The van der Waals surface area contributed by atoms with Crippen molar-refractivity contribution in [3.05, 3.63) is 89.5 Å². The Morgan fingerprint density at radius 1 is 0.925 bits per heavy atom. The molecule has 1 atom stereocenters. The number of aryl methyl sites for hydroxylation is 2. The zero-order valence-corrected chi connectivity index (χ0v) is 24.9. The van der Waals surface area contributed by atoms with E-state index in [1.807, 2.05) is 58.9 Å². The van der Waals surface area contributed by atoms with Gasteiger partial charge in [-0.15, -0.1) is 0 Å². The van der Waals surface area contributed by atoms with E-state index in [1.54, 1.807) is 36.4 Å². The highest BCUT2D eigenvalue weighted by Gasteiger charge is 2.34. The third kappa shape index (κ3) is 7.63. The molecule has 2 amide bonds. The first-order valence-electron chi connectivity index (χ1n) is 13.3. The molecule has 40 heavy (non-hydrogen) atoms. The van der Waals surface area contributed by atoms with E-state index in [0.29, 0.717) is 12.2 Å². The maximum atomic E-state index is 14.1. The fraction of sp³-hybridized carbons (Fsp3) is 0.355. The number of benzene rings is 3. The van der Waals surface area contributed by atoms with Gasteiger partial charge in [0.15, 0.2) is 0 Å². The van der Waals surface area contributed by atoms with Gasteiger partial charge in [-0.3, -0.25) is 13.9 Å². The lowest BCUT2D eigenvalue weighted by molar-refractivity contribution is -0.140. The number of nitrogens with zero attached hydrogens (tertiary/aromatic N) is 2. The highest BCUT2D eigenvalue weighted by Crippen LogP contribution is 2.28. The standard InChI is InChI=1S/C31H39N3O5S/c1-7-29(31(36)32-22(2)3)33(20-25-15-11-23(4)12-16-25)30(35)21-34(26-9-8-10-27(19-26)39-6)40(37,38)28-17-13-24(5)14-18-28/h8-19,22,29H,7,20-21H2,1-6H3,(H,32,36). The van der Waals surface area contributed by atoms with E-state index in [1.165, 1.54) is 24.1 Å². The molecule has 9 heteroatoms. The van der Waals surface area contributed by atoms with Crippen LogP contribution in [0.5, 0.6) is 5.75 Å². The summed E-state index contributed by atoms with van der Waals surface area (Å²) in [5.41, 5.74) is 3.10. The summed E-state index contributed by atoms with van der Waals surface area (Å²) in [4.78, 5) is 28.8. The summed E-state index contributed by atoms with van der Waals surface area (Å²) in [6, 6.07) is 19.8. The van der Waals surface area contributed by atoms with E-state index >= 15 is 0 Å². The van der Waals surface area contributed by atoms with Crippen LogP contribution < -0.4 is 14.4 Å². The monoisotopic (exact) mass is 565 g/mol. The maximum absolute atomic E-state index is 14.1. The number of ether oxygens (including phenoxy) is 1. The lowest BCUT2D eigenvalue weighted by Gasteiger charge is -2.33. The van der Waals surface area contributed by atoms with Crippen molar-refractivity contribution >= 4 is 27.5 Å². The van der Waals surface area contributed by atoms with Crippen molar-refractivity contribution in [2.45, 2.75) is 64.6 Å². The third-order valence-electron chi connectivity index (χ3n) is 6.52. The fourth-order valence-electron chi connectivity index (χ4n) is 4.32. The number of carbonyl (C=O) groups is 2. The Morgan fingerprint density at radius 3 is 2.08 bits per heavy atom. The number of methoxy groups -OCH3 is 1. The smallest absolute Gasteiger partial charge is 0.264 e. The Bertz CT molecular complexity index is 1400. The van der Waals surface area contributed by atoms with Crippen LogP contribution in [0.4, 0.5) is 5.69 Å². The molecule has 0 saturated heterocycles. The molecule has 3 aromatic rings. The Balaban J connectivity index is 2.08. The first-order chi connectivity index (χ1) is 19.0. The summed E-state index contributed by atoms with van der Waals surface area (Å²) in [6.45, 7) is 9.05. The topological polar surface area (TPSA) is 96.0 Å². The first-order valence-corrected chi connectivity index (χ1v) is 14.8. The summed E-state index contributed by atoms with van der Waals surface area (Å²) in [5.74, 6) is -0.328. The van der Waals surface area contributed by atoms with Gasteiger partial charge < -0.3 is 15.0 Å². The van der Waals surface area contributed by atoms with Gasteiger partial charge in [0.05, 0.1) is 17.7 Å². The van der Waals surface area contributed by atoms with E-state index in [2.05, 4.69) is 5.32 Å². The van der Waals surface area contributed by atoms with Crippen LogP contribution in [-0.4, -0.2) is 50.9 Å². The molecule has 3 aromatic carbocycles. The molecule has 1 unspecified atom stereocenters. The molecule has 0 fully saturated rings. The molecule has 214 valence electrons. The number of hydrogen-bond donors (Lipinski definition) is 1. The Labute approximate surface area is 238 Å². The van der Waals surface area contributed by atoms with Gasteiger partial charge in [-0.1, -0.05) is 60.5 Å². The predicted molar refractivity (Wildman–Crippen MR) is 158 cm³/mol. The second-order valence-corrected chi connectivity index (χ2v) is 12.0. The van der Waals surface area contributed by atoms with E-state index in [4.69, 9.17) is 4.74 Å². The Morgan fingerprint density at radius 2 is 1.52 bits per heavy atom. The zero-order chi connectivity index (χ0) is 29.4. The second-order valence-electron chi connectivity index (χ2n) is 10.1. The van der Waals surface area contributed by atoms with Gasteiger partial charge in [0.2, 0.25) is 11.8 Å². The summed E-state index contributed by atoms with van der Waals surface area (Å²) >= 11 is 0. The molecular formula is C31H39N3O5S. The van der Waals surface area contributed by atoms with Crippen molar-refractivity contribution in [1.82, 2.24) is 10.2 Å². The quantitative estimate of drug-likeness (QED) is 0.339.